The number of rotatable bonds is 6. The molecule has 0 saturated carbocycles. The van der Waals surface area contributed by atoms with Gasteiger partial charge in [0.25, 0.3) is 10.2 Å². The third-order valence-corrected chi connectivity index (χ3v) is 2.44. The van der Waals surface area contributed by atoms with Gasteiger partial charge < -0.3 is 5.73 Å². The molecule has 0 atom stereocenters. The van der Waals surface area contributed by atoms with Crippen LogP contribution in [0.5, 0.6) is 0 Å². The highest BCUT2D eigenvalue weighted by Crippen LogP contribution is 1.84. The summed E-state index contributed by atoms with van der Waals surface area (Å²) in [5, 5.41) is 6.87. The SMILES string of the molecule is CC(C)NS(=O)(=O)NCCC(=N)N. The van der Waals surface area contributed by atoms with Gasteiger partial charge in [-0.2, -0.15) is 13.1 Å². The van der Waals surface area contributed by atoms with Crippen molar-refractivity contribution in [1.29, 1.82) is 5.41 Å². The molecule has 0 unspecified atom stereocenters. The molecule has 78 valence electrons. The van der Waals surface area contributed by atoms with Crippen LogP contribution < -0.4 is 15.2 Å². The van der Waals surface area contributed by atoms with Gasteiger partial charge in [-0.25, -0.2) is 4.72 Å². The monoisotopic (exact) mass is 208 g/mol. The van der Waals surface area contributed by atoms with Crippen LogP contribution in [0.25, 0.3) is 0 Å². The van der Waals surface area contributed by atoms with E-state index in [1.54, 1.807) is 13.8 Å². The molecule has 0 aliphatic rings. The van der Waals surface area contributed by atoms with Crippen LogP contribution in [0.4, 0.5) is 0 Å². The molecule has 0 heterocycles. The first-order valence-electron chi connectivity index (χ1n) is 3.93. The van der Waals surface area contributed by atoms with Crippen molar-refractivity contribution in [2.75, 3.05) is 6.54 Å². The lowest BCUT2D eigenvalue weighted by molar-refractivity contribution is 0.556. The Morgan fingerprint density at radius 1 is 1.54 bits per heavy atom. The molecule has 0 aliphatic carbocycles. The van der Waals surface area contributed by atoms with Gasteiger partial charge in [0, 0.05) is 19.0 Å². The van der Waals surface area contributed by atoms with Crippen LogP contribution in [-0.4, -0.2) is 26.8 Å². The van der Waals surface area contributed by atoms with E-state index >= 15 is 0 Å². The largest absolute Gasteiger partial charge is 0.388 e. The maximum Gasteiger partial charge on any atom is 0.277 e. The van der Waals surface area contributed by atoms with Gasteiger partial charge >= 0.3 is 0 Å². The van der Waals surface area contributed by atoms with E-state index < -0.39 is 10.2 Å². The Morgan fingerprint density at radius 3 is 2.46 bits per heavy atom. The Balaban J connectivity index is 3.84. The third-order valence-electron chi connectivity index (χ3n) is 1.08. The summed E-state index contributed by atoms with van der Waals surface area (Å²) in [6.45, 7) is 3.60. The minimum absolute atomic E-state index is 0.0350. The van der Waals surface area contributed by atoms with E-state index in [4.69, 9.17) is 11.1 Å². The van der Waals surface area contributed by atoms with Crippen LogP contribution in [0, 0.1) is 5.41 Å². The highest BCUT2D eigenvalue weighted by molar-refractivity contribution is 7.87. The smallest absolute Gasteiger partial charge is 0.277 e. The van der Waals surface area contributed by atoms with Gasteiger partial charge in [-0.05, 0) is 13.8 Å². The summed E-state index contributed by atoms with van der Waals surface area (Å²) in [4.78, 5) is 0. The summed E-state index contributed by atoms with van der Waals surface area (Å²) in [5.41, 5.74) is 5.05. The molecule has 0 aromatic heterocycles. The van der Waals surface area contributed by atoms with Gasteiger partial charge in [0.1, 0.15) is 0 Å². The second kappa shape index (κ2) is 5.15. The first-order chi connectivity index (χ1) is 5.83. The molecule has 13 heavy (non-hydrogen) atoms. The molecule has 0 aliphatic heterocycles. The summed E-state index contributed by atoms with van der Waals surface area (Å²) >= 11 is 0. The lowest BCUT2D eigenvalue weighted by atomic mass is 10.4. The minimum Gasteiger partial charge on any atom is -0.388 e. The standard InChI is InChI=1S/C6H16N4O2S/c1-5(2)10-13(11,12)9-4-3-6(7)8/h5,9-10H,3-4H2,1-2H3,(H3,7,8). The van der Waals surface area contributed by atoms with Crippen LogP contribution in [0.1, 0.15) is 20.3 Å². The maximum absolute atomic E-state index is 11.1. The molecule has 0 amide bonds. The van der Waals surface area contributed by atoms with Crippen molar-refractivity contribution >= 4 is 16.0 Å². The van der Waals surface area contributed by atoms with Crippen LogP contribution in [-0.2, 0) is 10.2 Å². The molecule has 7 heteroatoms. The number of nitrogens with one attached hydrogen (secondary N) is 3. The van der Waals surface area contributed by atoms with Crippen LogP contribution in [0.3, 0.4) is 0 Å². The molecule has 0 aromatic rings. The van der Waals surface area contributed by atoms with Crippen LogP contribution >= 0.6 is 0 Å². The quantitative estimate of drug-likeness (QED) is 0.337. The topological polar surface area (TPSA) is 108 Å². The van der Waals surface area contributed by atoms with Crippen molar-refractivity contribution in [1.82, 2.24) is 9.44 Å². The van der Waals surface area contributed by atoms with E-state index in [0.29, 0.717) is 0 Å². The van der Waals surface area contributed by atoms with Crippen molar-refractivity contribution in [3.05, 3.63) is 0 Å². The highest BCUT2D eigenvalue weighted by Gasteiger charge is 2.09. The lowest BCUT2D eigenvalue weighted by Crippen LogP contribution is -2.41. The van der Waals surface area contributed by atoms with E-state index in [-0.39, 0.29) is 24.8 Å². The summed E-state index contributed by atoms with van der Waals surface area (Å²) < 4.78 is 26.8. The minimum atomic E-state index is -3.43. The second-order valence-electron chi connectivity index (χ2n) is 2.95. The van der Waals surface area contributed by atoms with Crippen LogP contribution in [0.2, 0.25) is 0 Å². The van der Waals surface area contributed by atoms with Crippen molar-refractivity contribution < 1.29 is 8.42 Å². The van der Waals surface area contributed by atoms with E-state index in [0.717, 1.165) is 0 Å². The third kappa shape index (κ3) is 7.69. The molecule has 0 radical (unpaired) electrons. The summed E-state index contributed by atoms with van der Waals surface area (Å²) in [5.74, 6) is -0.0350. The predicted octanol–water partition coefficient (Wildman–Crippen LogP) is -0.855. The zero-order valence-electron chi connectivity index (χ0n) is 7.79. The average molecular weight is 208 g/mol. The normalized spacial score (nSPS) is 11.9. The fourth-order valence-corrected chi connectivity index (χ4v) is 1.75. The zero-order valence-corrected chi connectivity index (χ0v) is 8.61. The molecule has 0 rings (SSSR count). The van der Waals surface area contributed by atoms with Crippen molar-refractivity contribution in [2.24, 2.45) is 5.73 Å². The first-order valence-corrected chi connectivity index (χ1v) is 5.41. The Bertz CT molecular complexity index is 260. The molecule has 0 saturated heterocycles. The van der Waals surface area contributed by atoms with Gasteiger partial charge in [0.15, 0.2) is 0 Å². The molecular formula is C6H16N4O2S. The highest BCUT2D eigenvalue weighted by atomic mass is 32.2. The molecular weight excluding hydrogens is 192 g/mol. The van der Waals surface area contributed by atoms with Crippen molar-refractivity contribution in [3.63, 3.8) is 0 Å². The number of amidine groups is 1. The van der Waals surface area contributed by atoms with Crippen LogP contribution in [0.15, 0.2) is 0 Å². The Labute approximate surface area is 78.6 Å². The molecule has 0 bridgehead atoms. The van der Waals surface area contributed by atoms with E-state index in [1.807, 2.05) is 0 Å². The van der Waals surface area contributed by atoms with Crippen molar-refractivity contribution in [2.45, 2.75) is 26.3 Å². The predicted molar refractivity (Wildman–Crippen MR) is 51.7 cm³/mol. The zero-order chi connectivity index (χ0) is 10.5. The fraction of sp³-hybridized carbons (Fsp3) is 0.833. The van der Waals surface area contributed by atoms with Gasteiger partial charge in [-0.3, -0.25) is 5.41 Å². The van der Waals surface area contributed by atoms with E-state index in [9.17, 15) is 8.42 Å². The molecule has 0 fully saturated rings. The van der Waals surface area contributed by atoms with Gasteiger partial charge in [-0.1, -0.05) is 0 Å². The molecule has 5 N–H and O–H groups in total. The summed E-state index contributed by atoms with van der Waals surface area (Å²) in [6.07, 6.45) is 0.221. The maximum atomic E-state index is 11.1. The second-order valence-corrected chi connectivity index (χ2v) is 4.48. The van der Waals surface area contributed by atoms with E-state index in [2.05, 4.69) is 9.44 Å². The number of hydrogen-bond acceptors (Lipinski definition) is 3. The Morgan fingerprint density at radius 2 is 2.08 bits per heavy atom. The van der Waals surface area contributed by atoms with Gasteiger partial charge in [-0.15, -0.1) is 0 Å². The average Bonchev–Trinajstić information content (AvgIpc) is 1.81. The van der Waals surface area contributed by atoms with Gasteiger partial charge in [0.05, 0.1) is 5.84 Å². The summed E-state index contributed by atoms with van der Waals surface area (Å²) in [7, 11) is -3.43. The summed E-state index contributed by atoms with van der Waals surface area (Å²) in [6, 6.07) is -0.144. The molecule has 0 aromatic carbocycles. The number of nitrogens with two attached hydrogens (primary N) is 1. The Kier molecular flexibility index (Phi) is 4.89. The van der Waals surface area contributed by atoms with E-state index in [1.165, 1.54) is 0 Å². The first kappa shape index (κ1) is 12.3. The molecule has 6 nitrogen and oxygen atoms in total. The lowest BCUT2D eigenvalue weighted by Gasteiger charge is -2.09. The fourth-order valence-electron chi connectivity index (χ4n) is 0.672. The Hall–Kier alpha value is -0.660. The van der Waals surface area contributed by atoms with Gasteiger partial charge in [0.2, 0.25) is 0 Å². The number of hydrogen-bond donors (Lipinski definition) is 4. The van der Waals surface area contributed by atoms with Crippen molar-refractivity contribution in [3.8, 4) is 0 Å². The molecule has 0 spiro atoms.